The number of urea groups is 1. The molecule has 0 radical (unpaired) electrons. The summed E-state index contributed by atoms with van der Waals surface area (Å²) in [6.45, 7) is 3.25. The lowest BCUT2D eigenvalue weighted by Gasteiger charge is -2.18. The van der Waals surface area contributed by atoms with Crippen molar-refractivity contribution >= 4 is 12.0 Å². The highest BCUT2D eigenvalue weighted by atomic mass is 16.5. The third-order valence-electron chi connectivity index (χ3n) is 3.93. The lowest BCUT2D eigenvalue weighted by atomic mass is 10.0. The summed E-state index contributed by atoms with van der Waals surface area (Å²) in [4.78, 5) is 22.7. The van der Waals surface area contributed by atoms with Crippen molar-refractivity contribution in [1.29, 1.82) is 0 Å². The summed E-state index contributed by atoms with van der Waals surface area (Å²) >= 11 is 0. The molecule has 0 aromatic heterocycles. The van der Waals surface area contributed by atoms with Crippen molar-refractivity contribution in [2.45, 2.75) is 44.8 Å². The van der Waals surface area contributed by atoms with Crippen molar-refractivity contribution in [2.75, 3.05) is 13.2 Å². The largest absolute Gasteiger partial charge is 0.480 e. The van der Waals surface area contributed by atoms with Gasteiger partial charge in [0.1, 0.15) is 6.04 Å². The van der Waals surface area contributed by atoms with Crippen molar-refractivity contribution in [1.82, 2.24) is 10.6 Å². The smallest absolute Gasteiger partial charge is 0.326 e. The van der Waals surface area contributed by atoms with Crippen LogP contribution in [-0.2, 0) is 9.53 Å². The first-order valence-electron chi connectivity index (χ1n) is 6.95. The van der Waals surface area contributed by atoms with E-state index in [9.17, 15) is 9.59 Å². The Morgan fingerprint density at radius 1 is 1.37 bits per heavy atom. The number of carbonyl (C=O) groups excluding carboxylic acids is 1. The van der Waals surface area contributed by atoms with Gasteiger partial charge in [-0.1, -0.05) is 12.8 Å². The van der Waals surface area contributed by atoms with Gasteiger partial charge in [-0.15, -0.1) is 0 Å². The Hall–Kier alpha value is -1.30. The minimum atomic E-state index is -0.959. The van der Waals surface area contributed by atoms with Crippen molar-refractivity contribution in [3.63, 3.8) is 0 Å². The molecule has 1 aliphatic heterocycles. The number of carboxylic acids is 1. The Bertz CT molecular complexity index is 344. The van der Waals surface area contributed by atoms with Gasteiger partial charge in [-0.3, -0.25) is 0 Å². The van der Waals surface area contributed by atoms with Crippen LogP contribution in [0.1, 0.15) is 32.6 Å². The molecule has 0 bridgehead atoms. The van der Waals surface area contributed by atoms with Crippen LogP contribution in [0, 0.1) is 11.8 Å². The molecular formula is C13H22N2O4. The summed E-state index contributed by atoms with van der Waals surface area (Å²) in [5.41, 5.74) is 0. The van der Waals surface area contributed by atoms with E-state index in [1.165, 1.54) is 0 Å². The first-order chi connectivity index (χ1) is 9.06. The van der Waals surface area contributed by atoms with Gasteiger partial charge in [0, 0.05) is 19.1 Å². The van der Waals surface area contributed by atoms with E-state index in [0.29, 0.717) is 24.8 Å². The SMILES string of the molecule is CC1OCCC1CNC(=O)N[C@@H](CC1CC1)C(=O)O. The molecule has 0 spiro atoms. The molecule has 1 heterocycles. The fourth-order valence-electron chi connectivity index (χ4n) is 2.39. The predicted octanol–water partition coefficient (Wildman–Crippen LogP) is 0.964. The van der Waals surface area contributed by atoms with Crippen LogP contribution in [0.15, 0.2) is 0 Å². The third-order valence-corrected chi connectivity index (χ3v) is 3.93. The average Bonchev–Trinajstić information content (AvgIpc) is 3.07. The second kappa shape index (κ2) is 6.23. The molecule has 6 heteroatoms. The molecule has 0 aromatic carbocycles. The minimum absolute atomic E-state index is 0.155. The Kier molecular flexibility index (Phi) is 4.63. The lowest BCUT2D eigenvalue weighted by molar-refractivity contribution is -0.139. The maximum atomic E-state index is 11.7. The monoisotopic (exact) mass is 270 g/mol. The predicted molar refractivity (Wildman–Crippen MR) is 68.8 cm³/mol. The maximum Gasteiger partial charge on any atom is 0.326 e. The van der Waals surface area contributed by atoms with Gasteiger partial charge in [0.2, 0.25) is 0 Å². The molecule has 1 saturated heterocycles. The van der Waals surface area contributed by atoms with Crippen LogP contribution >= 0.6 is 0 Å². The highest BCUT2D eigenvalue weighted by Crippen LogP contribution is 2.33. The number of rotatable bonds is 6. The van der Waals surface area contributed by atoms with Gasteiger partial charge in [0.15, 0.2) is 0 Å². The zero-order chi connectivity index (χ0) is 13.8. The lowest BCUT2D eigenvalue weighted by Crippen LogP contribution is -2.47. The van der Waals surface area contributed by atoms with Gasteiger partial charge in [0.05, 0.1) is 6.10 Å². The molecule has 3 N–H and O–H groups in total. The number of hydrogen-bond donors (Lipinski definition) is 3. The fourth-order valence-corrected chi connectivity index (χ4v) is 2.39. The Morgan fingerprint density at radius 2 is 2.11 bits per heavy atom. The highest BCUT2D eigenvalue weighted by Gasteiger charge is 2.30. The van der Waals surface area contributed by atoms with Gasteiger partial charge in [0.25, 0.3) is 0 Å². The molecule has 19 heavy (non-hydrogen) atoms. The normalized spacial score (nSPS) is 27.8. The average molecular weight is 270 g/mol. The van der Waals surface area contributed by atoms with Crippen molar-refractivity contribution < 1.29 is 19.4 Å². The Balaban J connectivity index is 1.70. The van der Waals surface area contributed by atoms with E-state index in [0.717, 1.165) is 25.9 Å². The van der Waals surface area contributed by atoms with Crippen LogP contribution in [0.25, 0.3) is 0 Å². The van der Waals surface area contributed by atoms with Crippen LogP contribution < -0.4 is 10.6 Å². The van der Waals surface area contributed by atoms with Crippen molar-refractivity contribution in [3.8, 4) is 0 Å². The first kappa shape index (κ1) is 14.1. The van der Waals surface area contributed by atoms with Gasteiger partial charge in [-0.05, 0) is 25.7 Å². The van der Waals surface area contributed by atoms with E-state index >= 15 is 0 Å². The first-order valence-corrected chi connectivity index (χ1v) is 6.95. The van der Waals surface area contributed by atoms with E-state index in [1.54, 1.807) is 0 Å². The number of carboxylic acid groups (broad SMARTS) is 1. The number of hydrogen-bond acceptors (Lipinski definition) is 3. The van der Waals surface area contributed by atoms with Crippen LogP contribution in [0.5, 0.6) is 0 Å². The molecule has 2 rings (SSSR count). The molecular weight excluding hydrogens is 248 g/mol. The summed E-state index contributed by atoms with van der Waals surface area (Å²) in [5.74, 6) is -0.179. The number of amides is 2. The molecule has 2 unspecified atom stereocenters. The quantitative estimate of drug-likeness (QED) is 0.671. The number of carbonyl (C=O) groups is 2. The second-order valence-electron chi connectivity index (χ2n) is 5.55. The Morgan fingerprint density at radius 3 is 2.63 bits per heavy atom. The van der Waals surface area contributed by atoms with Crippen molar-refractivity contribution in [2.24, 2.45) is 11.8 Å². The van der Waals surface area contributed by atoms with Gasteiger partial charge in [-0.25, -0.2) is 9.59 Å². The second-order valence-corrected chi connectivity index (χ2v) is 5.55. The van der Waals surface area contributed by atoms with Gasteiger partial charge in [-0.2, -0.15) is 0 Å². The van der Waals surface area contributed by atoms with Crippen LogP contribution in [0.4, 0.5) is 4.79 Å². The number of aliphatic carboxylic acids is 1. The zero-order valence-electron chi connectivity index (χ0n) is 11.2. The molecule has 2 aliphatic rings. The van der Waals surface area contributed by atoms with E-state index in [1.807, 2.05) is 6.92 Å². The van der Waals surface area contributed by atoms with E-state index in [4.69, 9.17) is 9.84 Å². The van der Waals surface area contributed by atoms with E-state index in [-0.39, 0.29) is 6.10 Å². The summed E-state index contributed by atoms with van der Waals surface area (Å²) in [7, 11) is 0. The summed E-state index contributed by atoms with van der Waals surface area (Å²) in [6.07, 6.45) is 3.77. The summed E-state index contributed by atoms with van der Waals surface area (Å²) in [6, 6.07) is -1.17. The van der Waals surface area contributed by atoms with Crippen LogP contribution in [0.2, 0.25) is 0 Å². The standard InChI is InChI=1S/C13H22N2O4/c1-8-10(4-5-19-8)7-14-13(18)15-11(12(16)17)6-9-2-3-9/h8-11H,2-7H2,1H3,(H,16,17)(H2,14,15,18)/t8?,10?,11-/m0/s1. The molecule has 6 nitrogen and oxygen atoms in total. The molecule has 2 amide bonds. The summed E-state index contributed by atoms with van der Waals surface area (Å²) < 4.78 is 5.41. The topological polar surface area (TPSA) is 87.7 Å². The molecule has 3 atom stereocenters. The molecule has 1 aliphatic carbocycles. The van der Waals surface area contributed by atoms with Crippen LogP contribution in [0.3, 0.4) is 0 Å². The van der Waals surface area contributed by atoms with Gasteiger partial charge < -0.3 is 20.5 Å². The summed E-state index contributed by atoms with van der Waals surface area (Å²) in [5, 5.41) is 14.3. The van der Waals surface area contributed by atoms with E-state index < -0.39 is 18.0 Å². The maximum absolute atomic E-state index is 11.7. The minimum Gasteiger partial charge on any atom is -0.480 e. The number of ether oxygens (including phenoxy) is 1. The molecule has 108 valence electrons. The van der Waals surface area contributed by atoms with E-state index in [2.05, 4.69) is 10.6 Å². The molecule has 1 saturated carbocycles. The Labute approximate surface area is 112 Å². The molecule has 2 fully saturated rings. The van der Waals surface area contributed by atoms with Gasteiger partial charge >= 0.3 is 12.0 Å². The van der Waals surface area contributed by atoms with Crippen molar-refractivity contribution in [3.05, 3.63) is 0 Å². The number of nitrogens with one attached hydrogen (secondary N) is 2. The third kappa shape index (κ3) is 4.38. The zero-order valence-corrected chi connectivity index (χ0v) is 11.2. The van der Waals surface area contributed by atoms with Crippen LogP contribution in [-0.4, -0.2) is 42.4 Å². The highest BCUT2D eigenvalue weighted by molar-refractivity contribution is 5.82. The molecule has 0 aromatic rings. The fraction of sp³-hybridized carbons (Fsp3) is 0.846.